The van der Waals surface area contributed by atoms with Gasteiger partial charge in [0.05, 0.1) is 6.34 Å². The molecular weight excluding hydrogens is 144 g/mol. The summed E-state index contributed by atoms with van der Waals surface area (Å²) < 4.78 is 0. The molecule has 2 unspecified atom stereocenters. The van der Waals surface area contributed by atoms with Crippen LogP contribution in [0.25, 0.3) is 0 Å². The van der Waals surface area contributed by atoms with Crippen molar-refractivity contribution in [2.24, 2.45) is 15.5 Å². The molecule has 2 atom stereocenters. The predicted octanol–water partition coefficient (Wildman–Crippen LogP) is -0.934. The Labute approximate surface area is 63.6 Å². The molecule has 58 valence electrons. The monoisotopic (exact) mass is 152 g/mol. The van der Waals surface area contributed by atoms with Crippen LogP contribution in [0.3, 0.4) is 0 Å². The van der Waals surface area contributed by atoms with Gasteiger partial charge in [-0.2, -0.15) is 5.10 Å². The Bertz CT molecular complexity index is 259. The van der Waals surface area contributed by atoms with Gasteiger partial charge < -0.3 is 5.32 Å². The van der Waals surface area contributed by atoms with E-state index in [1.807, 2.05) is 0 Å². The summed E-state index contributed by atoms with van der Waals surface area (Å²) in [6.07, 6.45) is 2.76. The molecule has 0 spiro atoms. The number of nitrogens with one attached hydrogen (secondary N) is 2. The minimum absolute atomic E-state index is 0.0637. The first-order valence-electron chi connectivity index (χ1n) is 3.36. The first-order valence-corrected chi connectivity index (χ1v) is 3.36. The third kappa shape index (κ3) is 0.675. The van der Waals surface area contributed by atoms with Gasteiger partial charge in [0.25, 0.3) is 0 Å². The lowest BCUT2D eigenvalue weighted by atomic mass is 9.88. The van der Waals surface area contributed by atoms with Crippen LogP contribution in [0.15, 0.2) is 10.1 Å². The topological polar surface area (TPSA) is 65.8 Å². The molecule has 2 rings (SSSR count). The lowest BCUT2D eigenvalue weighted by Crippen LogP contribution is -2.51. The van der Waals surface area contributed by atoms with Crippen LogP contribution in [0.4, 0.5) is 0 Å². The summed E-state index contributed by atoms with van der Waals surface area (Å²) in [5.41, 5.74) is 2.14. The Morgan fingerprint density at radius 1 is 1.73 bits per heavy atom. The maximum absolute atomic E-state index is 11.3. The van der Waals surface area contributed by atoms with E-state index in [2.05, 4.69) is 20.8 Å². The van der Waals surface area contributed by atoms with Crippen LogP contribution in [0.1, 0.15) is 6.92 Å². The van der Waals surface area contributed by atoms with Crippen molar-refractivity contribution in [2.75, 3.05) is 0 Å². The molecule has 2 aliphatic rings. The van der Waals surface area contributed by atoms with Crippen LogP contribution in [0, 0.1) is 5.41 Å². The minimum Gasteiger partial charge on any atom is -0.316 e. The maximum Gasteiger partial charge on any atom is 0.240 e. The van der Waals surface area contributed by atoms with Crippen molar-refractivity contribution in [1.82, 2.24) is 10.7 Å². The van der Waals surface area contributed by atoms with E-state index in [0.29, 0.717) is 0 Å². The Hall–Kier alpha value is -1.39. The van der Waals surface area contributed by atoms with Gasteiger partial charge in [-0.25, -0.2) is 4.99 Å². The summed E-state index contributed by atoms with van der Waals surface area (Å²) in [4.78, 5) is 15.3. The van der Waals surface area contributed by atoms with Gasteiger partial charge in [-0.05, 0) is 6.92 Å². The van der Waals surface area contributed by atoms with Crippen LogP contribution in [0.5, 0.6) is 0 Å². The molecule has 0 fully saturated rings. The molecule has 1 amide bonds. The third-order valence-electron chi connectivity index (χ3n) is 2.01. The van der Waals surface area contributed by atoms with Crippen molar-refractivity contribution in [3.63, 3.8) is 0 Å². The van der Waals surface area contributed by atoms with Crippen molar-refractivity contribution >= 4 is 18.5 Å². The Balaban J connectivity index is 2.41. The number of carbonyl (C=O) groups is 1. The first-order chi connectivity index (χ1) is 5.23. The van der Waals surface area contributed by atoms with E-state index in [1.165, 1.54) is 6.34 Å². The van der Waals surface area contributed by atoms with E-state index in [1.54, 1.807) is 13.1 Å². The van der Waals surface area contributed by atoms with Crippen molar-refractivity contribution in [3.8, 4) is 0 Å². The third-order valence-corrected chi connectivity index (χ3v) is 2.01. The van der Waals surface area contributed by atoms with Gasteiger partial charge in [-0.1, -0.05) is 0 Å². The standard InChI is InChI=1S/C6H8N4O/c1-6-2-9-10-4(6)7-3-8-5(6)11/h2-4,10H,1H3,(H,7,8,11). The molecule has 5 heteroatoms. The van der Waals surface area contributed by atoms with E-state index in [9.17, 15) is 4.79 Å². The summed E-state index contributed by atoms with van der Waals surface area (Å²) in [5.74, 6) is -0.0637. The normalized spacial score (nSPS) is 39.7. The average Bonchev–Trinajstić information content (AvgIpc) is 2.34. The minimum atomic E-state index is -0.602. The Morgan fingerprint density at radius 2 is 2.55 bits per heavy atom. The number of aliphatic imine (C=N–C) groups is 1. The van der Waals surface area contributed by atoms with Gasteiger partial charge in [0, 0.05) is 6.21 Å². The molecule has 0 radical (unpaired) electrons. The fraction of sp³-hybridized carbons (Fsp3) is 0.500. The second kappa shape index (κ2) is 1.81. The van der Waals surface area contributed by atoms with E-state index in [4.69, 9.17) is 0 Å². The first kappa shape index (κ1) is 6.33. The van der Waals surface area contributed by atoms with Crippen molar-refractivity contribution in [1.29, 1.82) is 0 Å². The summed E-state index contributed by atoms with van der Waals surface area (Å²) in [6, 6.07) is 0. The molecule has 0 saturated heterocycles. The highest BCUT2D eigenvalue weighted by Gasteiger charge is 2.45. The molecule has 0 bridgehead atoms. The molecule has 2 heterocycles. The molecule has 0 aromatic heterocycles. The number of hydrogen-bond acceptors (Lipinski definition) is 4. The van der Waals surface area contributed by atoms with Crippen molar-refractivity contribution in [3.05, 3.63) is 0 Å². The van der Waals surface area contributed by atoms with Crippen LogP contribution >= 0.6 is 0 Å². The van der Waals surface area contributed by atoms with Crippen LogP contribution in [0.2, 0.25) is 0 Å². The number of nitrogens with zero attached hydrogens (tertiary/aromatic N) is 2. The summed E-state index contributed by atoms with van der Waals surface area (Å²) in [6.45, 7) is 1.80. The fourth-order valence-corrected chi connectivity index (χ4v) is 1.14. The van der Waals surface area contributed by atoms with E-state index in [0.717, 1.165) is 0 Å². The highest BCUT2D eigenvalue weighted by Crippen LogP contribution is 2.25. The molecular formula is C6H8N4O. The second-order valence-electron chi connectivity index (χ2n) is 2.82. The molecule has 0 saturated carbocycles. The molecule has 2 N–H and O–H groups in total. The summed E-state index contributed by atoms with van der Waals surface area (Å²) in [5, 5.41) is 6.33. The smallest absolute Gasteiger partial charge is 0.240 e. The fourth-order valence-electron chi connectivity index (χ4n) is 1.14. The molecule has 11 heavy (non-hydrogen) atoms. The summed E-state index contributed by atoms with van der Waals surface area (Å²) in [7, 11) is 0. The number of carbonyl (C=O) groups excluding carboxylic acids is 1. The van der Waals surface area contributed by atoms with Gasteiger partial charge in [0.2, 0.25) is 5.91 Å². The number of rotatable bonds is 0. The lowest BCUT2D eigenvalue weighted by molar-refractivity contribution is -0.126. The quantitative estimate of drug-likeness (QED) is 0.470. The highest BCUT2D eigenvalue weighted by molar-refractivity contribution is 6.05. The van der Waals surface area contributed by atoms with Crippen molar-refractivity contribution in [2.45, 2.75) is 13.1 Å². The van der Waals surface area contributed by atoms with E-state index >= 15 is 0 Å². The second-order valence-corrected chi connectivity index (χ2v) is 2.82. The van der Waals surface area contributed by atoms with Crippen LogP contribution in [-0.4, -0.2) is 24.6 Å². The van der Waals surface area contributed by atoms with Gasteiger partial charge in [-0.15, -0.1) is 0 Å². The number of fused-ring (bicyclic) bond motifs is 1. The van der Waals surface area contributed by atoms with Gasteiger partial charge in [0.1, 0.15) is 5.41 Å². The van der Waals surface area contributed by atoms with E-state index in [-0.39, 0.29) is 12.1 Å². The largest absolute Gasteiger partial charge is 0.316 e. The molecule has 0 aromatic rings. The predicted molar refractivity (Wildman–Crippen MR) is 40.2 cm³/mol. The molecule has 0 aliphatic carbocycles. The molecule has 5 nitrogen and oxygen atoms in total. The number of amides is 1. The Kier molecular flexibility index (Phi) is 1.04. The van der Waals surface area contributed by atoms with Gasteiger partial charge in [0.15, 0.2) is 6.17 Å². The molecule has 0 aromatic carbocycles. The summed E-state index contributed by atoms with van der Waals surface area (Å²) >= 11 is 0. The zero-order chi connectivity index (χ0) is 7.90. The molecule has 2 aliphatic heterocycles. The van der Waals surface area contributed by atoms with Crippen molar-refractivity contribution < 1.29 is 4.79 Å². The zero-order valence-corrected chi connectivity index (χ0v) is 6.03. The highest BCUT2D eigenvalue weighted by atomic mass is 16.2. The van der Waals surface area contributed by atoms with Crippen LogP contribution in [-0.2, 0) is 4.79 Å². The van der Waals surface area contributed by atoms with Gasteiger partial charge >= 0.3 is 0 Å². The number of hydrogen-bond donors (Lipinski definition) is 2. The van der Waals surface area contributed by atoms with Gasteiger partial charge in [-0.3, -0.25) is 10.2 Å². The number of hydrazone groups is 1. The maximum atomic E-state index is 11.3. The van der Waals surface area contributed by atoms with Crippen LogP contribution < -0.4 is 10.7 Å². The van der Waals surface area contributed by atoms with E-state index < -0.39 is 5.41 Å². The Morgan fingerprint density at radius 3 is 3.27 bits per heavy atom. The average molecular weight is 152 g/mol. The SMILES string of the molecule is CC12C=NNC1N=CNC2=O. The lowest BCUT2D eigenvalue weighted by Gasteiger charge is -2.26. The zero-order valence-electron chi connectivity index (χ0n) is 6.03.